The smallest absolute Gasteiger partial charge is 0.242 e. The predicted octanol–water partition coefficient (Wildman–Crippen LogP) is 0.956. The molecule has 42 heavy (non-hydrogen) atoms. The van der Waals surface area contributed by atoms with Crippen LogP contribution < -0.4 is 44.2 Å². The van der Waals surface area contributed by atoms with Crippen molar-refractivity contribution in [2.75, 3.05) is 32.7 Å². The zero-order valence-corrected chi connectivity index (χ0v) is 26.4. The number of hydrogen-bond donors (Lipinski definition) is 8. The monoisotopic (exact) mass is 596 g/mol. The molecule has 12 N–H and O–H groups in total. The average Bonchev–Trinajstić information content (AvgIpc) is 2.91. The van der Waals surface area contributed by atoms with E-state index >= 15 is 0 Å². The summed E-state index contributed by atoms with van der Waals surface area (Å²) < 4.78 is 0. The zero-order chi connectivity index (χ0) is 31.6. The van der Waals surface area contributed by atoms with Crippen molar-refractivity contribution in [3.63, 3.8) is 0 Å². The number of carbonyl (C=O) groups excluding carboxylic acids is 3. The number of rotatable bonds is 26. The molecule has 0 unspecified atom stereocenters. The molecule has 0 aliphatic carbocycles. The van der Waals surface area contributed by atoms with Crippen LogP contribution in [-0.4, -0.2) is 74.4 Å². The first kappa shape index (κ1) is 38.9. The van der Waals surface area contributed by atoms with Gasteiger partial charge in [-0.2, -0.15) is 0 Å². The van der Waals surface area contributed by atoms with E-state index in [0.717, 1.165) is 57.8 Å². The third-order valence-corrected chi connectivity index (χ3v) is 6.63. The normalized spacial score (nSPS) is 12.3. The van der Waals surface area contributed by atoms with Crippen molar-refractivity contribution in [2.45, 2.75) is 116 Å². The molecule has 0 aromatic carbocycles. The van der Waals surface area contributed by atoms with Crippen LogP contribution in [0.2, 0.25) is 0 Å². The van der Waals surface area contributed by atoms with Crippen LogP contribution in [0.15, 0.2) is 9.98 Å². The minimum absolute atomic E-state index is 0.0393. The molecule has 0 aliphatic heterocycles. The number of nitrogens with two attached hydrogens (primary N) is 4. The number of aliphatic imine (C=N–C) groups is 2. The second-order valence-electron chi connectivity index (χ2n) is 11.3. The third kappa shape index (κ3) is 24.7. The molecule has 3 amide bonds. The van der Waals surface area contributed by atoms with Gasteiger partial charge in [0.1, 0.15) is 6.04 Å². The molecule has 0 aromatic heterocycles. The number of amides is 3. The van der Waals surface area contributed by atoms with Crippen LogP contribution in [-0.2, 0) is 14.4 Å². The average molecular weight is 597 g/mol. The summed E-state index contributed by atoms with van der Waals surface area (Å²) in [6, 6.07) is -0.749. The Morgan fingerprint density at radius 2 is 1.29 bits per heavy atom. The molecule has 0 saturated heterocycles. The molecule has 0 spiro atoms. The molecule has 0 aliphatic rings. The summed E-state index contributed by atoms with van der Waals surface area (Å²) in [6.45, 7) is 8.40. The lowest BCUT2D eigenvalue weighted by Crippen LogP contribution is -2.50. The Kier molecular flexibility index (Phi) is 23.7. The number of guanidine groups is 2. The van der Waals surface area contributed by atoms with Crippen molar-refractivity contribution in [3.8, 4) is 0 Å². The maximum absolute atomic E-state index is 12.8. The summed E-state index contributed by atoms with van der Waals surface area (Å²) in [6.07, 6.45) is 11.3. The first-order valence-corrected chi connectivity index (χ1v) is 15.7. The van der Waals surface area contributed by atoms with Gasteiger partial charge in [-0.25, -0.2) is 0 Å². The van der Waals surface area contributed by atoms with Gasteiger partial charge in [-0.05, 0) is 50.9 Å². The van der Waals surface area contributed by atoms with Gasteiger partial charge in [-0.15, -0.1) is 0 Å². The Labute approximate surface area is 253 Å². The Balaban J connectivity index is 4.76. The van der Waals surface area contributed by atoms with Gasteiger partial charge in [0.15, 0.2) is 11.9 Å². The van der Waals surface area contributed by atoms with Gasteiger partial charge in [-0.1, -0.05) is 52.9 Å². The highest BCUT2D eigenvalue weighted by Crippen LogP contribution is 2.10. The number of nitrogens with one attached hydrogen (secondary N) is 4. The maximum Gasteiger partial charge on any atom is 0.242 e. The molecule has 13 nitrogen and oxygen atoms in total. The highest BCUT2D eigenvalue weighted by Gasteiger charge is 2.22. The molecule has 2 atom stereocenters. The van der Waals surface area contributed by atoms with Crippen LogP contribution in [0.25, 0.3) is 0 Å². The van der Waals surface area contributed by atoms with Crippen molar-refractivity contribution in [1.29, 1.82) is 0 Å². The second kappa shape index (κ2) is 25.6. The summed E-state index contributed by atoms with van der Waals surface area (Å²) in [7, 11) is 0. The van der Waals surface area contributed by atoms with E-state index in [1.165, 1.54) is 12.8 Å². The number of unbranched alkanes of at least 4 members (excludes halogenated alkanes) is 7. The van der Waals surface area contributed by atoms with Crippen molar-refractivity contribution < 1.29 is 14.4 Å². The topological polar surface area (TPSA) is 228 Å². The summed E-state index contributed by atoms with van der Waals surface area (Å²) in [5, 5.41) is 12.0. The molecule has 0 saturated carbocycles. The van der Waals surface area contributed by atoms with Crippen molar-refractivity contribution in [2.24, 2.45) is 38.8 Å². The summed E-state index contributed by atoms with van der Waals surface area (Å²) in [5.74, 6) is -0.135. The Morgan fingerprint density at radius 3 is 1.90 bits per heavy atom. The van der Waals surface area contributed by atoms with Crippen LogP contribution in [0.4, 0.5) is 0 Å². The molecule has 244 valence electrons. The van der Waals surface area contributed by atoms with Crippen LogP contribution in [0.3, 0.4) is 0 Å². The lowest BCUT2D eigenvalue weighted by atomic mass is 10.0. The predicted molar refractivity (Wildman–Crippen MR) is 172 cm³/mol. The standard InChI is InChI=1S/C29H60N10O3/c1-4-5-6-7-9-14-23(20-25(40)34-15-10-8-11-17-36-28(30)31)38-21-26(41)39-24(19-22(2)3)27(42)35-16-12-13-18-37-29(32)33/h22-24,38H,4-21H2,1-3H3,(H,34,40)(H,35,42)(H,39,41)(H4,30,31,36)(H4,32,33,37)/t23-,24+/m1/s1. The third-order valence-electron chi connectivity index (χ3n) is 6.63. The summed E-state index contributed by atoms with van der Waals surface area (Å²) in [5.41, 5.74) is 21.3. The van der Waals surface area contributed by atoms with Crippen molar-refractivity contribution in [3.05, 3.63) is 0 Å². The molecule has 0 rings (SSSR count). The lowest BCUT2D eigenvalue weighted by molar-refractivity contribution is -0.129. The largest absolute Gasteiger partial charge is 0.370 e. The lowest BCUT2D eigenvalue weighted by Gasteiger charge is -2.22. The van der Waals surface area contributed by atoms with E-state index in [9.17, 15) is 14.4 Å². The van der Waals surface area contributed by atoms with E-state index in [-0.39, 0.29) is 48.1 Å². The Hall–Kier alpha value is -3.09. The van der Waals surface area contributed by atoms with Crippen molar-refractivity contribution >= 4 is 29.6 Å². The minimum atomic E-state index is -0.625. The van der Waals surface area contributed by atoms with Crippen molar-refractivity contribution in [1.82, 2.24) is 21.3 Å². The van der Waals surface area contributed by atoms with E-state index < -0.39 is 6.04 Å². The first-order valence-electron chi connectivity index (χ1n) is 15.7. The van der Waals surface area contributed by atoms with Crippen LogP contribution in [0, 0.1) is 5.92 Å². The van der Waals surface area contributed by atoms with E-state index in [4.69, 9.17) is 22.9 Å². The zero-order valence-electron chi connectivity index (χ0n) is 26.4. The number of hydrogen-bond acceptors (Lipinski definition) is 6. The SMILES string of the molecule is CCCCCCC[C@H](CC(=O)NCCCCCN=C(N)N)NCC(=O)N[C@@H](CC(C)C)C(=O)NCCCCN=C(N)N. The van der Waals surface area contributed by atoms with Gasteiger partial charge >= 0.3 is 0 Å². The maximum atomic E-state index is 12.8. The molecular formula is C29H60N10O3. The Bertz CT molecular complexity index is 797. The number of carbonyl (C=O) groups is 3. The fourth-order valence-corrected chi connectivity index (χ4v) is 4.38. The van der Waals surface area contributed by atoms with Crippen LogP contribution in [0.1, 0.15) is 104 Å². The van der Waals surface area contributed by atoms with E-state index in [1.54, 1.807) is 0 Å². The van der Waals surface area contributed by atoms with Gasteiger partial charge in [0.05, 0.1) is 6.54 Å². The van der Waals surface area contributed by atoms with Gasteiger partial charge < -0.3 is 44.2 Å². The molecule has 0 bridgehead atoms. The van der Waals surface area contributed by atoms with Gasteiger partial charge in [-0.3, -0.25) is 24.4 Å². The van der Waals surface area contributed by atoms with Crippen LogP contribution in [0.5, 0.6) is 0 Å². The summed E-state index contributed by atoms with van der Waals surface area (Å²) in [4.78, 5) is 46.2. The molecule has 0 heterocycles. The highest BCUT2D eigenvalue weighted by molar-refractivity contribution is 5.88. The minimum Gasteiger partial charge on any atom is -0.370 e. The highest BCUT2D eigenvalue weighted by atomic mass is 16.2. The first-order chi connectivity index (χ1) is 20.0. The van der Waals surface area contributed by atoms with Gasteiger partial charge in [0.25, 0.3) is 0 Å². The second-order valence-corrected chi connectivity index (χ2v) is 11.3. The molecule has 0 aromatic rings. The van der Waals surface area contributed by atoms with Gasteiger partial charge in [0.2, 0.25) is 17.7 Å². The molecule has 13 heteroatoms. The fourth-order valence-electron chi connectivity index (χ4n) is 4.38. The quantitative estimate of drug-likeness (QED) is 0.0406. The Morgan fingerprint density at radius 1 is 0.714 bits per heavy atom. The van der Waals surface area contributed by atoms with Crippen LogP contribution >= 0.6 is 0 Å². The van der Waals surface area contributed by atoms with E-state index in [0.29, 0.717) is 39.0 Å². The fraction of sp³-hybridized carbons (Fsp3) is 0.828. The van der Waals surface area contributed by atoms with E-state index in [2.05, 4.69) is 38.2 Å². The number of nitrogens with zero attached hydrogens (tertiary/aromatic N) is 2. The molecule has 0 radical (unpaired) electrons. The summed E-state index contributed by atoms with van der Waals surface area (Å²) >= 11 is 0. The molecule has 0 fully saturated rings. The van der Waals surface area contributed by atoms with E-state index in [1.807, 2.05) is 13.8 Å². The molecular weight excluding hydrogens is 536 g/mol. The van der Waals surface area contributed by atoms with Gasteiger partial charge in [0, 0.05) is 38.6 Å².